The number of rotatable bonds is 6. The van der Waals surface area contributed by atoms with Crippen LogP contribution in [0.2, 0.25) is 0 Å². The molecule has 3 aromatic carbocycles. The molecular formula is C22H16F4N2O4. The summed E-state index contributed by atoms with van der Waals surface area (Å²) in [6.45, 7) is 2.59. The van der Waals surface area contributed by atoms with Crippen LogP contribution in [-0.4, -0.2) is 11.8 Å². The van der Waals surface area contributed by atoms with Crippen LogP contribution in [0.5, 0.6) is 23.0 Å². The Morgan fingerprint density at radius 1 is 0.594 bits per heavy atom. The van der Waals surface area contributed by atoms with Crippen molar-refractivity contribution in [2.75, 3.05) is 10.6 Å². The first kappa shape index (κ1) is 22.6. The summed E-state index contributed by atoms with van der Waals surface area (Å²) in [5.74, 6) is -10.7. The molecule has 0 spiro atoms. The third kappa shape index (κ3) is 5.15. The van der Waals surface area contributed by atoms with E-state index in [4.69, 9.17) is 9.47 Å². The number of carbonyl (C=O) groups is 2. The van der Waals surface area contributed by atoms with Crippen molar-refractivity contribution in [1.29, 1.82) is 0 Å². The van der Waals surface area contributed by atoms with Gasteiger partial charge < -0.3 is 20.1 Å². The largest absolute Gasteiger partial charge is 0.451 e. The quantitative estimate of drug-likeness (QED) is 0.372. The molecule has 0 aliphatic carbocycles. The Bertz CT molecular complexity index is 1040. The Labute approximate surface area is 179 Å². The van der Waals surface area contributed by atoms with Crippen molar-refractivity contribution in [1.82, 2.24) is 0 Å². The molecular weight excluding hydrogens is 432 g/mol. The maximum absolute atomic E-state index is 14.5. The van der Waals surface area contributed by atoms with Crippen molar-refractivity contribution >= 4 is 23.2 Å². The molecule has 2 amide bonds. The molecule has 0 saturated heterocycles. The van der Waals surface area contributed by atoms with Crippen molar-refractivity contribution in [2.24, 2.45) is 0 Å². The molecule has 0 saturated carbocycles. The first-order chi connectivity index (χ1) is 15.2. The van der Waals surface area contributed by atoms with E-state index in [0.717, 1.165) is 0 Å². The highest BCUT2D eigenvalue weighted by atomic mass is 19.2. The predicted molar refractivity (Wildman–Crippen MR) is 108 cm³/mol. The van der Waals surface area contributed by atoms with Gasteiger partial charge in [-0.1, -0.05) is 0 Å². The summed E-state index contributed by atoms with van der Waals surface area (Å²) in [5, 5.41) is 4.96. The summed E-state index contributed by atoms with van der Waals surface area (Å²) in [4.78, 5) is 22.0. The fourth-order valence-electron chi connectivity index (χ4n) is 2.63. The second kappa shape index (κ2) is 9.38. The third-order valence-corrected chi connectivity index (χ3v) is 3.97. The molecule has 3 rings (SSSR count). The Morgan fingerprint density at radius 3 is 1.12 bits per heavy atom. The fraction of sp³-hybridized carbons (Fsp3) is 0.0909. The molecule has 3 aromatic rings. The van der Waals surface area contributed by atoms with Crippen LogP contribution >= 0.6 is 0 Å². The van der Waals surface area contributed by atoms with Crippen molar-refractivity contribution in [3.63, 3.8) is 0 Å². The van der Waals surface area contributed by atoms with Gasteiger partial charge in [-0.25, -0.2) is 0 Å². The normalized spacial score (nSPS) is 10.4. The van der Waals surface area contributed by atoms with Gasteiger partial charge in [0.25, 0.3) is 0 Å². The van der Waals surface area contributed by atoms with Crippen molar-refractivity contribution in [3.8, 4) is 23.0 Å². The van der Waals surface area contributed by atoms with Crippen LogP contribution in [0.1, 0.15) is 13.8 Å². The van der Waals surface area contributed by atoms with E-state index < -0.39 is 34.8 Å². The van der Waals surface area contributed by atoms with Crippen molar-refractivity contribution in [3.05, 3.63) is 71.8 Å². The number of hydrogen-bond acceptors (Lipinski definition) is 4. The minimum Gasteiger partial charge on any atom is -0.451 e. The van der Waals surface area contributed by atoms with Crippen LogP contribution in [-0.2, 0) is 9.59 Å². The molecule has 2 N–H and O–H groups in total. The van der Waals surface area contributed by atoms with Gasteiger partial charge in [0.05, 0.1) is 0 Å². The second-order valence-corrected chi connectivity index (χ2v) is 6.53. The van der Waals surface area contributed by atoms with Crippen LogP contribution in [0, 0.1) is 23.3 Å². The summed E-state index contributed by atoms with van der Waals surface area (Å²) >= 11 is 0. The highest BCUT2D eigenvalue weighted by molar-refractivity contribution is 5.89. The molecule has 10 heteroatoms. The predicted octanol–water partition coefficient (Wildman–Crippen LogP) is 5.74. The Balaban J connectivity index is 1.85. The van der Waals surface area contributed by atoms with E-state index in [1.54, 1.807) is 0 Å². The monoisotopic (exact) mass is 448 g/mol. The smallest absolute Gasteiger partial charge is 0.221 e. The summed E-state index contributed by atoms with van der Waals surface area (Å²) in [6, 6.07) is 10.5. The van der Waals surface area contributed by atoms with E-state index >= 15 is 0 Å². The summed E-state index contributed by atoms with van der Waals surface area (Å²) < 4.78 is 67.8. The third-order valence-electron chi connectivity index (χ3n) is 3.97. The van der Waals surface area contributed by atoms with E-state index in [1.165, 1.54) is 62.4 Å². The van der Waals surface area contributed by atoms with Crippen LogP contribution < -0.4 is 20.1 Å². The Kier molecular flexibility index (Phi) is 6.62. The lowest BCUT2D eigenvalue weighted by Crippen LogP contribution is -2.06. The van der Waals surface area contributed by atoms with Gasteiger partial charge in [-0.3, -0.25) is 9.59 Å². The van der Waals surface area contributed by atoms with Crippen molar-refractivity contribution in [2.45, 2.75) is 13.8 Å². The lowest BCUT2D eigenvalue weighted by molar-refractivity contribution is -0.115. The molecule has 0 fully saturated rings. The number of halogens is 4. The topological polar surface area (TPSA) is 76.7 Å². The highest BCUT2D eigenvalue weighted by Crippen LogP contribution is 2.39. The lowest BCUT2D eigenvalue weighted by Gasteiger charge is -2.14. The van der Waals surface area contributed by atoms with Gasteiger partial charge in [0.15, 0.2) is 0 Å². The van der Waals surface area contributed by atoms with E-state index in [-0.39, 0.29) is 23.3 Å². The molecule has 0 unspecified atom stereocenters. The van der Waals surface area contributed by atoms with Crippen LogP contribution in [0.4, 0.5) is 28.9 Å². The SMILES string of the molecule is CC(=O)Nc1ccc(Oc2c(F)c(F)c(Oc3ccc(NC(C)=O)cc3)c(F)c2F)cc1. The molecule has 6 nitrogen and oxygen atoms in total. The van der Waals surface area contributed by atoms with Gasteiger partial charge in [-0.05, 0) is 48.5 Å². The van der Waals surface area contributed by atoms with Gasteiger partial charge >= 0.3 is 0 Å². The minimum absolute atomic E-state index is 0.127. The summed E-state index contributed by atoms with van der Waals surface area (Å²) in [5.41, 5.74) is 0.771. The molecule has 0 atom stereocenters. The Morgan fingerprint density at radius 2 is 0.875 bits per heavy atom. The van der Waals surface area contributed by atoms with Gasteiger partial charge in [-0.2, -0.15) is 17.6 Å². The summed E-state index contributed by atoms with van der Waals surface area (Å²) in [6.07, 6.45) is 0. The molecule has 0 aliphatic rings. The number of ether oxygens (including phenoxy) is 2. The Hall–Kier alpha value is -4.08. The van der Waals surface area contributed by atoms with E-state index in [1.807, 2.05) is 0 Å². The average Bonchev–Trinajstić information content (AvgIpc) is 2.74. The number of amides is 2. The van der Waals surface area contributed by atoms with Gasteiger partial charge in [0.1, 0.15) is 11.5 Å². The molecule has 0 bridgehead atoms. The zero-order chi connectivity index (χ0) is 23.4. The van der Waals surface area contributed by atoms with Gasteiger partial charge in [0, 0.05) is 25.2 Å². The highest BCUT2D eigenvalue weighted by Gasteiger charge is 2.29. The first-order valence-corrected chi connectivity index (χ1v) is 9.12. The molecule has 0 aromatic heterocycles. The minimum atomic E-state index is -1.79. The fourth-order valence-corrected chi connectivity index (χ4v) is 2.63. The van der Waals surface area contributed by atoms with Crippen LogP contribution in [0.3, 0.4) is 0 Å². The summed E-state index contributed by atoms with van der Waals surface area (Å²) in [7, 11) is 0. The standard InChI is InChI=1S/C22H16F4N2O4/c1-11(29)27-13-3-7-15(8-4-13)31-21-17(23)19(25)22(20(26)18(21)24)32-16-9-5-14(6-10-16)28-12(2)30/h3-10H,1-2H3,(H,27,29)(H,28,30). The zero-order valence-electron chi connectivity index (χ0n) is 16.8. The molecule has 0 heterocycles. The number of anilines is 2. The van der Waals surface area contributed by atoms with E-state index in [2.05, 4.69) is 10.6 Å². The molecule has 0 aliphatic heterocycles. The van der Waals surface area contributed by atoms with E-state index in [0.29, 0.717) is 11.4 Å². The zero-order valence-corrected chi connectivity index (χ0v) is 16.8. The maximum Gasteiger partial charge on any atom is 0.221 e. The van der Waals surface area contributed by atoms with E-state index in [9.17, 15) is 27.2 Å². The van der Waals surface area contributed by atoms with Crippen LogP contribution in [0.15, 0.2) is 48.5 Å². The number of hydrogen-bond donors (Lipinski definition) is 2. The average molecular weight is 448 g/mol. The number of nitrogens with one attached hydrogen (secondary N) is 2. The molecule has 0 radical (unpaired) electrons. The van der Waals surface area contributed by atoms with Gasteiger partial charge in [-0.15, -0.1) is 0 Å². The number of benzene rings is 3. The second-order valence-electron chi connectivity index (χ2n) is 6.53. The first-order valence-electron chi connectivity index (χ1n) is 9.12. The van der Waals surface area contributed by atoms with Crippen molar-refractivity contribution < 1.29 is 36.6 Å². The molecule has 32 heavy (non-hydrogen) atoms. The number of carbonyl (C=O) groups excluding carboxylic acids is 2. The lowest BCUT2D eigenvalue weighted by atomic mass is 10.2. The molecule has 166 valence electrons. The maximum atomic E-state index is 14.5. The van der Waals surface area contributed by atoms with Gasteiger partial charge in [0.2, 0.25) is 46.6 Å². The van der Waals surface area contributed by atoms with Crippen LogP contribution in [0.25, 0.3) is 0 Å².